The molecule has 3 N–H and O–H groups in total. The first kappa shape index (κ1) is 16.7. The highest BCUT2D eigenvalue weighted by atomic mass is 16.1. The monoisotopic (exact) mass is 331 g/mol. The molecule has 1 aromatic heterocycles. The molecule has 0 fully saturated rings. The summed E-state index contributed by atoms with van der Waals surface area (Å²) in [7, 11) is 0. The fourth-order valence-electron chi connectivity index (χ4n) is 2.55. The number of amides is 1. The molecule has 0 aliphatic carbocycles. The third-order valence-electron chi connectivity index (χ3n) is 4.05. The van der Waals surface area contributed by atoms with E-state index in [2.05, 4.69) is 24.1 Å². The Morgan fingerprint density at radius 2 is 1.76 bits per heavy atom. The van der Waals surface area contributed by atoms with Crippen LogP contribution in [0, 0.1) is 0 Å². The van der Waals surface area contributed by atoms with Crippen molar-refractivity contribution in [1.82, 2.24) is 4.98 Å². The number of pyridine rings is 1. The molecule has 4 nitrogen and oxygen atoms in total. The summed E-state index contributed by atoms with van der Waals surface area (Å²) in [6.07, 6.45) is 1.60. The topological polar surface area (TPSA) is 68.0 Å². The number of hydrogen-bond donors (Lipinski definition) is 2. The van der Waals surface area contributed by atoms with Crippen molar-refractivity contribution >= 4 is 17.3 Å². The van der Waals surface area contributed by atoms with Gasteiger partial charge in [-0.1, -0.05) is 50.2 Å². The lowest BCUT2D eigenvalue weighted by Gasteiger charge is -2.11. The second-order valence-corrected chi connectivity index (χ2v) is 6.25. The van der Waals surface area contributed by atoms with Crippen molar-refractivity contribution in [3.8, 4) is 11.1 Å². The number of nitrogens with zero attached hydrogens (tertiary/aromatic N) is 1. The number of nitrogen functional groups attached to an aromatic ring is 1. The van der Waals surface area contributed by atoms with Crippen LogP contribution in [0.2, 0.25) is 0 Å². The largest absolute Gasteiger partial charge is 0.397 e. The van der Waals surface area contributed by atoms with Gasteiger partial charge in [-0.25, -0.2) is 0 Å². The Hall–Kier alpha value is -3.14. The Labute approximate surface area is 147 Å². The van der Waals surface area contributed by atoms with E-state index >= 15 is 0 Å². The summed E-state index contributed by atoms with van der Waals surface area (Å²) < 4.78 is 0. The van der Waals surface area contributed by atoms with Crippen LogP contribution in [0.15, 0.2) is 66.9 Å². The van der Waals surface area contributed by atoms with Crippen molar-refractivity contribution in [3.05, 3.63) is 78.1 Å². The molecule has 0 saturated heterocycles. The molecular formula is C21H21N3O. The zero-order valence-corrected chi connectivity index (χ0v) is 14.4. The Balaban J connectivity index is 1.83. The highest BCUT2D eigenvalue weighted by Gasteiger charge is 2.11. The normalized spacial score (nSPS) is 10.7. The van der Waals surface area contributed by atoms with Crippen molar-refractivity contribution in [2.75, 3.05) is 11.1 Å². The van der Waals surface area contributed by atoms with E-state index in [1.54, 1.807) is 18.3 Å². The maximum absolute atomic E-state index is 12.5. The van der Waals surface area contributed by atoms with Crippen LogP contribution in [0.5, 0.6) is 0 Å². The van der Waals surface area contributed by atoms with E-state index in [9.17, 15) is 4.79 Å². The van der Waals surface area contributed by atoms with Crippen molar-refractivity contribution in [1.29, 1.82) is 0 Å². The molecule has 0 saturated carbocycles. The fraction of sp³-hybridized carbons (Fsp3) is 0.143. The summed E-state index contributed by atoms with van der Waals surface area (Å²) >= 11 is 0. The lowest BCUT2D eigenvalue weighted by atomic mass is 10.0. The summed E-state index contributed by atoms with van der Waals surface area (Å²) in [4.78, 5) is 16.8. The lowest BCUT2D eigenvalue weighted by Crippen LogP contribution is -2.14. The minimum Gasteiger partial charge on any atom is -0.397 e. The summed E-state index contributed by atoms with van der Waals surface area (Å²) in [6.45, 7) is 4.13. The van der Waals surface area contributed by atoms with Gasteiger partial charge in [0.05, 0.1) is 16.9 Å². The average molecular weight is 331 g/mol. The molecule has 0 spiro atoms. The van der Waals surface area contributed by atoms with Crippen LogP contribution in [0.3, 0.4) is 0 Å². The Morgan fingerprint density at radius 1 is 1.00 bits per heavy atom. The molecule has 25 heavy (non-hydrogen) atoms. The number of anilines is 2. The number of nitrogens with two attached hydrogens (primary N) is 1. The molecule has 0 unspecified atom stereocenters. The predicted molar refractivity (Wildman–Crippen MR) is 103 cm³/mol. The molecule has 0 aliphatic rings. The maximum atomic E-state index is 12.5. The standard InChI is InChI=1S/C21H21N3O/c1-14(2)19-11-9-17(13-23-19)21(25)24-20-12-16(8-10-18(20)22)15-6-4-3-5-7-15/h3-14H,22H2,1-2H3,(H,24,25). The second kappa shape index (κ2) is 7.18. The van der Waals surface area contributed by atoms with E-state index in [1.165, 1.54) is 0 Å². The van der Waals surface area contributed by atoms with Crippen molar-refractivity contribution < 1.29 is 4.79 Å². The fourth-order valence-corrected chi connectivity index (χ4v) is 2.55. The van der Waals surface area contributed by atoms with Gasteiger partial charge in [-0.15, -0.1) is 0 Å². The minimum atomic E-state index is -0.222. The number of carbonyl (C=O) groups is 1. The Bertz CT molecular complexity index is 871. The molecule has 2 aromatic carbocycles. The quantitative estimate of drug-likeness (QED) is 0.681. The van der Waals surface area contributed by atoms with E-state index in [1.807, 2.05) is 48.5 Å². The second-order valence-electron chi connectivity index (χ2n) is 6.25. The molecular weight excluding hydrogens is 310 g/mol. The van der Waals surface area contributed by atoms with Gasteiger partial charge in [-0.3, -0.25) is 9.78 Å². The van der Waals surface area contributed by atoms with Gasteiger partial charge in [0.2, 0.25) is 0 Å². The Kier molecular flexibility index (Phi) is 4.80. The van der Waals surface area contributed by atoms with E-state index < -0.39 is 0 Å². The predicted octanol–water partition coefficient (Wildman–Crippen LogP) is 4.71. The van der Waals surface area contributed by atoms with E-state index in [4.69, 9.17) is 5.73 Å². The number of nitrogens with one attached hydrogen (secondary N) is 1. The first-order valence-electron chi connectivity index (χ1n) is 8.27. The van der Waals surface area contributed by atoms with Gasteiger partial charge >= 0.3 is 0 Å². The van der Waals surface area contributed by atoms with Gasteiger partial charge in [-0.2, -0.15) is 0 Å². The molecule has 4 heteroatoms. The van der Waals surface area contributed by atoms with Crippen LogP contribution in [0.1, 0.15) is 35.8 Å². The zero-order chi connectivity index (χ0) is 17.8. The third kappa shape index (κ3) is 3.86. The number of benzene rings is 2. The van der Waals surface area contributed by atoms with Crippen LogP contribution in [-0.4, -0.2) is 10.9 Å². The first-order valence-corrected chi connectivity index (χ1v) is 8.27. The summed E-state index contributed by atoms with van der Waals surface area (Å²) in [6, 6.07) is 19.3. The van der Waals surface area contributed by atoms with E-state index in [-0.39, 0.29) is 5.91 Å². The SMILES string of the molecule is CC(C)c1ccc(C(=O)Nc2cc(-c3ccccc3)ccc2N)cn1. The molecule has 0 atom stereocenters. The van der Waals surface area contributed by atoms with Crippen LogP contribution in [-0.2, 0) is 0 Å². The summed E-state index contributed by atoms with van der Waals surface area (Å²) in [5.41, 5.74) is 10.7. The van der Waals surface area contributed by atoms with E-state index in [0.29, 0.717) is 22.9 Å². The van der Waals surface area contributed by atoms with Crippen molar-refractivity contribution in [2.45, 2.75) is 19.8 Å². The number of aromatic nitrogens is 1. The zero-order valence-electron chi connectivity index (χ0n) is 14.4. The van der Waals surface area contributed by atoms with Gasteiger partial charge in [-0.05, 0) is 41.3 Å². The van der Waals surface area contributed by atoms with Crippen molar-refractivity contribution in [2.24, 2.45) is 0 Å². The third-order valence-corrected chi connectivity index (χ3v) is 4.05. The van der Waals surface area contributed by atoms with Crippen molar-refractivity contribution in [3.63, 3.8) is 0 Å². The molecule has 3 rings (SSSR count). The average Bonchev–Trinajstić information content (AvgIpc) is 2.64. The lowest BCUT2D eigenvalue weighted by molar-refractivity contribution is 0.102. The van der Waals surface area contributed by atoms with Crippen LogP contribution >= 0.6 is 0 Å². The van der Waals surface area contributed by atoms with Gasteiger partial charge < -0.3 is 11.1 Å². The molecule has 0 bridgehead atoms. The number of carbonyl (C=O) groups excluding carboxylic acids is 1. The smallest absolute Gasteiger partial charge is 0.257 e. The van der Waals surface area contributed by atoms with Crippen LogP contribution in [0.4, 0.5) is 11.4 Å². The highest BCUT2D eigenvalue weighted by molar-refractivity contribution is 6.06. The van der Waals surface area contributed by atoms with E-state index in [0.717, 1.165) is 16.8 Å². The van der Waals surface area contributed by atoms with Gasteiger partial charge in [0.15, 0.2) is 0 Å². The highest BCUT2D eigenvalue weighted by Crippen LogP contribution is 2.27. The van der Waals surface area contributed by atoms with Gasteiger partial charge in [0.25, 0.3) is 5.91 Å². The Morgan fingerprint density at radius 3 is 2.40 bits per heavy atom. The molecule has 1 heterocycles. The van der Waals surface area contributed by atoms with Crippen LogP contribution < -0.4 is 11.1 Å². The molecule has 3 aromatic rings. The number of hydrogen-bond acceptors (Lipinski definition) is 3. The molecule has 126 valence electrons. The van der Waals surface area contributed by atoms with Gasteiger partial charge in [0.1, 0.15) is 0 Å². The summed E-state index contributed by atoms with van der Waals surface area (Å²) in [5.74, 6) is 0.107. The summed E-state index contributed by atoms with van der Waals surface area (Å²) in [5, 5.41) is 2.88. The first-order chi connectivity index (χ1) is 12.0. The molecule has 1 amide bonds. The van der Waals surface area contributed by atoms with Crippen LogP contribution in [0.25, 0.3) is 11.1 Å². The maximum Gasteiger partial charge on any atom is 0.257 e. The minimum absolute atomic E-state index is 0.222. The molecule has 0 aliphatic heterocycles. The number of rotatable bonds is 4. The molecule has 0 radical (unpaired) electrons. The van der Waals surface area contributed by atoms with Gasteiger partial charge in [0, 0.05) is 11.9 Å².